The second-order valence-corrected chi connectivity index (χ2v) is 9.15. The number of aryl methyl sites for hydroxylation is 1. The number of anilines is 1. The normalized spacial score (nSPS) is 13.4. The molecule has 7 heteroatoms. The van der Waals surface area contributed by atoms with Crippen molar-refractivity contribution in [2.75, 3.05) is 37.6 Å². The average molecular weight is 495 g/mol. The van der Waals surface area contributed by atoms with Gasteiger partial charge in [-0.25, -0.2) is 4.98 Å². The number of carbonyl (C=O) groups excluding carboxylic acids is 2. The van der Waals surface area contributed by atoms with Gasteiger partial charge in [0.15, 0.2) is 5.76 Å². The predicted octanol–water partition coefficient (Wildman–Crippen LogP) is 4.79. The highest BCUT2D eigenvalue weighted by molar-refractivity contribution is 6.00. The average Bonchev–Trinajstić information content (AvgIpc) is 3.44. The molecular formula is C30H30N4O3. The Balaban J connectivity index is 1.16. The van der Waals surface area contributed by atoms with Crippen LogP contribution in [0.2, 0.25) is 0 Å². The lowest BCUT2D eigenvalue weighted by atomic mass is 10.1. The van der Waals surface area contributed by atoms with Gasteiger partial charge in [-0.15, -0.1) is 0 Å². The van der Waals surface area contributed by atoms with Gasteiger partial charge in [-0.05, 0) is 31.2 Å². The zero-order chi connectivity index (χ0) is 25.6. The molecule has 2 heterocycles. The lowest BCUT2D eigenvalue weighted by molar-refractivity contribution is -0.131. The van der Waals surface area contributed by atoms with Gasteiger partial charge in [0.25, 0.3) is 5.91 Å². The number of rotatable bonds is 7. The fraction of sp³-hybridized carbons (Fsp3) is 0.233. The lowest BCUT2D eigenvalue weighted by Gasteiger charge is -2.36. The molecule has 4 aromatic rings. The molecule has 3 aromatic carbocycles. The number of aromatic nitrogens is 1. The number of hydrogen-bond donors (Lipinski definition) is 1. The number of benzene rings is 3. The van der Waals surface area contributed by atoms with Crippen LogP contribution in [-0.4, -0.2) is 54.4 Å². The number of oxazole rings is 1. The molecule has 0 atom stereocenters. The van der Waals surface area contributed by atoms with Crippen LogP contribution in [0.5, 0.6) is 0 Å². The molecular weight excluding hydrogens is 464 g/mol. The first-order valence-corrected chi connectivity index (χ1v) is 12.6. The maximum absolute atomic E-state index is 13.0. The molecule has 188 valence electrons. The van der Waals surface area contributed by atoms with Gasteiger partial charge < -0.3 is 19.5 Å². The second kappa shape index (κ2) is 11.1. The first kappa shape index (κ1) is 24.3. The smallest absolute Gasteiger partial charge is 0.252 e. The summed E-state index contributed by atoms with van der Waals surface area (Å²) >= 11 is 0. The molecule has 0 unspecified atom stereocenters. The van der Waals surface area contributed by atoms with Gasteiger partial charge in [0.05, 0.1) is 11.8 Å². The van der Waals surface area contributed by atoms with Crippen LogP contribution in [0.25, 0.3) is 22.8 Å². The standard InChI is InChI=1S/C30H30N4O3/c1-22-11-13-23(14-12-22)27-21-32-30(37-27)26-10-6-5-9-25(26)29(36)31-16-15-28(35)34-19-17-33(18-20-34)24-7-3-2-4-8-24/h2-14,21H,15-20H2,1H3,(H,31,36). The molecule has 2 amide bonds. The van der Waals surface area contributed by atoms with Crippen LogP contribution >= 0.6 is 0 Å². The van der Waals surface area contributed by atoms with E-state index in [2.05, 4.69) is 27.3 Å². The van der Waals surface area contributed by atoms with Crippen LogP contribution in [0, 0.1) is 6.92 Å². The summed E-state index contributed by atoms with van der Waals surface area (Å²) in [6, 6.07) is 25.4. The van der Waals surface area contributed by atoms with Gasteiger partial charge in [-0.2, -0.15) is 0 Å². The van der Waals surface area contributed by atoms with Gasteiger partial charge in [0.2, 0.25) is 11.8 Å². The first-order chi connectivity index (χ1) is 18.1. The number of piperazine rings is 1. The molecule has 1 aromatic heterocycles. The Bertz CT molecular complexity index is 1360. The minimum atomic E-state index is -0.257. The molecule has 0 radical (unpaired) electrons. The van der Waals surface area contributed by atoms with E-state index in [1.165, 1.54) is 11.3 Å². The van der Waals surface area contributed by atoms with E-state index in [0.717, 1.165) is 18.7 Å². The van der Waals surface area contributed by atoms with Gasteiger partial charge >= 0.3 is 0 Å². The molecule has 5 rings (SSSR count). The Morgan fingerprint density at radius 1 is 0.892 bits per heavy atom. The number of para-hydroxylation sites is 1. The summed E-state index contributed by atoms with van der Waals surface area (Å²) < 4.78 is 5.99. The molecule has 7 nitrogen and oxygen atoms in total. The molecule has 37 heavy (non-hydrogen) atoms. The Labute approximate surface area is 216 Å². The number of amides is 2. The highest BCUT2D eigenvalue weighted by atomic mass is 16.4. The van der Waals surface area contributed by atoms with Crippen molar-refractivity contribution in [3.8, 4) is 22.8 Å². The van der Waals surface area contributed by atoms with Crippen LogP contribution in [-0.2, 0) is 4.79 Å². The summed E-state index contributed by atoms with van der Waals surface area (Å²) in [6.07, 6.45) is 1.93. The molecule has 1 aliphatic heterocycles. The van der Waals surface area contributed by atoms with Crippen LogP contribution in [0.3, 0.4) is 0 Å². The summed E-state index contributed by atoms with van der Waals surface area (Å²) in [5.41, 5.74) is 4.34. The minimum absolute atomic E-state index is 0.0525. The van der Waals surface area contributed by atoms with Crippen molar-refractivity contribution in [1.29, 1.82) is 0 Å². The van der Waals surface area contributed by atoms with Crippen LogP contribution in [0.1, 0.15) is 22.3 Å². The Kier molecular flexibility index (Phi) is 7.31. The van der Waals surface area contributed by atoms with Crippen molar-refractivity contribution in [2.45, 2.75) is 13.3 Å². The summed E-state index contributed by atoms with van der Waals surface area (Å²) in [4.78, 5) is 34.3. The number of carbonyl (C=O) groups is 2. The van der Waals surface area contributed by atoms with Crippen LogP contribution in [0.15, 0.2) is 89.5 Å². The number of nitrogens with zero attached hydrogens (tertiary/aromatic N) is 3. The highest BCUT2D eigenvalue weighted by Gasteiger charge is 2.22. The van der Waals surface area contributed by atoms with E-state index < -0.39 is 0 Å². The van der Waals surface area contributed by atoms with E-state index in [1.807, 2.05) is 66.4 Å². The molecule has 1 fully saturated rings. The SMILES string of the molecule is Cc1ccc(-c2cnc(-c3ccccc3C(=O)NCCC(=O)N3CCN(c4ccccc4)CC3)o2)cc1. The molecule has 0 aliphatic carbocycles. The van der Waals surface area contributed by atoms with Gasteiger partial charge in [0, 0.05) is 56.0 Å². The Morgan fingerprint density at radius 3 is 2.35 bits per heavy atom. The summed E-state index contributed by atoms with van der Waals surface area (Å²) in [7, 11) is 0. The van der Waals surface area contributed by atoms with Crippen molar-refractivity contribution in [3.05, 3.63) is 96.2 Å². The first-order valence-electron chi connectivity index (χ1n) is 12.6. The van der Waals surface area contributed by atoms with E-state index in [9.17, 15) is 9.59 Å². The third-order valence-electron chi connectivity index (χ3n) is 6.62. The summed E-state index contributed by atoms with van der Waals surface area (Å²) in [5.74, 6) is 0.820. The predicted molar refractivity (Wildman–Crippen MR) is 144 cm³/mol. The van der Waals surface area contributed by atoms with Crippen LogP contribution in [0.4, 0.5) is 5.69 Å². The molecule has 1 saturated heterocycles. The van der Waals surface area contributed by atoms with Crippen molar-refractivity contribution in [2.24, 2.45) is 0 Å². The third kappa shape index (κ3) is 5.72. The van der Waals surface area contributed by atoms with Crippen molar-refractivity contribution in [1.82, 2.24) is 15.2 Å². The maximum Gasteiger partial charge on any atom is 0.252 e. The monoisotopic (exact) mass is 494 g/mol. The van der Waals surface area contributed by atoms with E-state index in [1.54, 1.807) is 18.3 Å². The largest absolute Gasteiger partial charge is 0.436 e. The van der Waals surface area contributed by atoms with E-state index in [-0.39, 0.29) is 24.8 Å². The van der Waals surface area contributed by atoms with Gasteiger partial charge in [-0.1, -0.05) is 60.2 Å². The molecule has 0 saturated carbocycles. The van der Waals surface area contributed by atoms with E-state index >= 15 is 0 Å². The topological polar surface area (TPSA) is 78.7 Å². The molecule has 0 spiro atoms. The number of nitrogens with one attached hydrogen (secondary N) is 1. The zero-order valence-electron chi connectivity index (χ0n) is 20.9. The van der Waals surface area contributed by atoms with Crippen molar-refractivity contribution < 1.29 is 14.0 Å². The third-order valence-corrected chi connectivity index (χ3v) is 6.62. The summed E-state index contributed by atoms with van der Waals surface area (Å²) in [5, 5.41) is 2.89. The molecule has 0 bridgehead atoms. The quantitative estimate of drug-likeness (QED) is 0.400. The Morgan fingerprint density at radius 2 is 1.59 bits per heavy atom. The maximum atomic E-state index is 13.0. The van der Waals surface area contributed by atoms with Gasteiger partial charge in [-0.3, -0.25) is 9.59 Å². The Hall–Kier alpha value is -4.39. The zero-order valence-corrected chi connectivity index (χ0v) is 20.9. The fourth-order valence-corrected chi connectivity index (χ4v) is 4.51. The minimum Gasteiger partial charge on any atom is -0.436 e. The molecule has 1 N–H and O–H groups in total. The van der Waals surface area contributed by atoms with Crippen molar-refractivity contribution >= 4 is 17.5 Å². The van der Waals surface area contributed by atoms with E-state index in [0.29, 0.717) is 35.9 Å². The lowest BCUT2D eigenvalue weighted by Crippen LogP contribution is -2.49. The van der Waals surface area contributed by atoms with Gasteiger partial charge in [0.1, 0.15) is 0 Å². The van der Waals surface area contributed by atoms with Crippen molar-refractivity contribution in [3.63, 3.8) is 0 Å². The molecule has 1 aliphatic rings. The second-order valence-electron chi connectivity index (χ2n) is 9.15. The fourth-order valence-electron chi connectivity index (χ4n) is 4.51. The highest BCUT2D eigenvalue weighted by Crippen LogP contribution is 2.28. The van der Waals surface area contributed by atoms with Crippen LogP contribution < -0.4 is 10.2 Å². The summed E-state index contributed by atoms with van der Waals surface area (Å²) in [6.45, 7) is 5.26. The van der Waals surface area contributed by atoms with E-state index in [4.69, 9.17) is 4.42 Å². The number of hydrogen-bond acceptors (Lipinski definition) is 5.